The highest BCUT2D eigenvalue weighted by Gasteiger charge is 2.22. The number of ether oxygens (including phenoxy) is 1. The Hall–Kier alpha value is -2.11. The second-order valence-electron chi connectivity index (χ2n) is 6.21. The third kappa shape index (κ3) is 6.44. The maximum absolute atomic E-state index is 12.6. The summed E-state index contributed by atoms with van der Waals surface area (Å²) in [5.74, 6) is 1.61. The topological polar surface area (TPSA) is 117 Å². The van der Waals surface area contributed by atoms with Gasteiger partial charge in [-0.05, 0) is 37.6 Å². The average Bonchev–Trinajstić information content (AvgIpc) is 3.10. The summed E-state index contributed by atoms with van der Waals surface area (Å²) in [7, 11) is -3.52. The lowest BCUT2D eigenvalue weighted by Crippen LogP contribution is -2.31. The van der Waals surface area contributed by atoms with Crippen LogP contribution in [0.4, 0.5) is 0 Å². The fourth-order valence-electron chi connectivity index (χ4n) is 2.57. The second kappa shape index (κ2) is 10.6. The zero-order chi connectivity index (χ0) is 21.4. The molecule has 0 bridgehead atoms. The predicted molar refractivity (Wildman–Crippen MR) is 112 cm³/mol. The number of rotatable bonds is 11. The zero-order valence-electron chi connectivity index (χ0n) is 17.1. The van der Waals surface area contributed by atoms with E-state index < -0.39 is 10.0 Å². The van der Waals surface area contributed by atoms with Crippen LogP contribution in [0.1, 0.15) is 25.2 Å². The first-order valence-corrected chi connectivity index (χ1v) is 11.7. The van der Waals surface area contributed by atoms with Crippen LogP contribution < -0.4 is 10.1 Å². The Labute approximate surface area is 175 Å². The van der Waals surface area contributed by atoms with Crippen LogP contribution in [0.5, 0.6) is 5.75 Å². The number of hydrogen-bond acceptors (Lipinski definition) is 7. The molecule has 2 aromatic rings. The van der Waals surface area contributed by atoms with E-state index in [9.17, 15) is 13.2 Å². The number of carbonyl (C=O) groups excluding carboxylic acids is 1. The SMILES string of the molecule is CCN(CC)S(=O)(=O)c1ccc(OCC(=O)NCCSc2n[nH]c(C)n2)c(C)c1. The molecule has 29 heavy (non-hydrogen) atoms. The van der Waals surface area contributed by atoms with Crippen LogP contribution >= 0.6 is 11.8 Å². The highest BCUT2D eigenvalue weighted by Crippen LogP contribution is 2.24. The second-order valence-corrected chi connectivity index (χ2v) is 9.21. The molecule has 0 saturated carbocycles. The van der Waals surface area contributed by atoms with Crippen molar-refractivity contribution >= 4 is 27.7 Å². The van der Waals surface area contributed by atoms with Crippen LogP contribution in [0, 0.1) is 13.8 Å². The van der Waals surface area contributed by atoms with Crippen molar-refractivity contribution in [3.8, 4) is 5.75 Å². The third-order valence-electron chi connectivity index (χ3n) is 4.08. The van der Waals surface area contributed by atoms with Gasteiger partial charge in [0.25, 0.3) is 5.91 Å². The highest BCUT2D eigenvalue weighted by molar-refractivity contribution is 7.99. The molecule has 0 aliphatic rings. The van der Waals surface area contributed by atoms with Gasteiger partial charge in [0.1, 0.15) is 11.6 Å². The number of aryl methyl sites for hydroxylation is 2. The van der Waals surface area contributed by atoms with Crippen LogP contribution in [-0.2, 0) is 14.8 Å². The molecule has 2 N–H and O–H groups in total. The van der Waals surface area contributed by atoms with Gasteiger partial charge in [-0.15, -0.1) is 5.10 Å². The normalized spacial score (nSPS) is 11.6. The Morgan fingerprint density at radius 3 is 2.59 bits per heavy atom. The van der Waals surface area contributed by atoms with Crippen molar-refractivity contribution in [3.63, 3.8) is 0 Å². The maximum atomic E-state index is 12.6. The van der Waals surface area contributed by atoms with Crippen molar-refractivity contribution in [2.24, 2.45) is 0 Å². The molecule has 11 heteroatoms. The third-order valence-corrected chi connectivity index (χ3v) is 6.98. The van der Waals surface area contributed by atoms with Gasteiger partial charge in [0.15, 0.2) is 6.61 Å². The standard InChI is InChI=1S/C18H27N5O4S2/c1-5-23(6-2)29(25,26)15-7-8-16(13(3)11-15)27-12-17(24)19-9-10-28-18-20-14(4)21-22-18/h7-8,11H,5-6,9-10,12H2,1-4H3,(H,19,24)(H,20,21,22). The smallest absolute Gasteiger partial charge is 0.257 e. The minimum atomic E-state index is -3.52. The van der Waals surface area contributed by atoms with E-state index in [4.69, 9.17) is 4.74 Å². The molecule has 0 saturated heterocycles. The molecule has 1 amide bonds. The highest BCUT2D eigenvalue weighted by atomic mass is 32.2. The van der Waals surface area contributed by atoms with Gasteiger partial charge in [0.05, 0.1) is 4.90 Å². The lowest BCUT2D eigenvalue weighted by molar-refractivity contribution is -0.122. The van der Waals surface area contributed by atoms with E-state index in [0.717, 1.165) is 5.82 Å². The van der Waals surface area contributed by atoms with Gasteiger partial charge < -0.3 is 10.1 Å². The molecule has 0 aliphatic heterocycles. The summed E-state index contributed by atoms with van der Waals surface area (Å²) in [5, 5.41) is 10.2. The number of aromatic nitrogens is 3. The maximum Gasteiger partial charge on any atom is 0.257 e. The van der Waals surface area contributed by atoms with Gasteiger partial charge in [0.2, 0.25) is 15.2 Å². The van der Waals surface area contributed by atoms with Crippen LogP contribution in [0.25, 0.3) is 0 Å². The van der Waals surface area contributed by atoms with E-state index in [1.54, 1.807) is 32.9 Å². The first-order chi connectivity index (χ1) is 13.8. The van der Waals surface area contributed by atoms with Crippen molar-refractivity contribution in [1.29, 1.82) is 0 Å². The van der Waals surface area contributed by atoms with Crippen LogP contribution in [0.2, 0.25) is 0 Å². The van der Waals surface area contributed by atoms with Gasteiger partial charge in [-0.1, -0.05) is 25.6 Å². The minimum absolute atomic E-state index is 0.145. The van der Waals surface area contributed by atoms with Crippen molar-refractivity contribution in [2.45, 2.75) is 37.7 Å². The van der Waals surface area contributed by atoms with E-state index in [0.29, 0.717) is 41.9 Å². The summed E-state index contributed by atoms with van der Waals surface area (Å²) < 4.78 is 32.1. The van der Waals surface area contributed by atoms with Gasteiger partial charge in [-0.2, -0.15) is 4.31 Å². The molecular formula is C18H27N5O4S2. The van der Waals surface area contributed by atoms with Crippen LogP contribution in [0.15, 0.2) is 28.3 Å². The fraction of sp³-hybridized carbons (Fsp3) is 0.500. The molecular weight excluding hydrogens is 414 g/mol. The van der Waals surface area contributed by atoms with E-state index in [1.165, 1.54) is 22.1 Å². The van der Waals surface area contributed by atoms with Crippen molar-refractivity contribution < 1.29 is 17.9 Å². The monoisotopic (exact) mass is 441 g/mol. The first-order valence-electron chi connectivity index (χ1n) is 9.30. The predicted octanol–water partition coefficient (Wildman–Crippen LogP) is 1.74. The summed E-state index contributed by atoms with van der Waals surface area (Å²) >= 11 is 1.44. The molecule has 160 valence electrons. The number of amides is 1. The largest absolute Gasteiger partial charge is 0.484 e. The summed E-state index contributed by atoms with van der Waals surface area (Å²) in [4.78, 5) is 16.3. The van der Waals surface area contributed by atoms with Crippen molar-refractivity contribution in [2.75, 3.05) is 32.0 Å². The lowest BCUT2D eigenvalue weighted by Gasteiger charge is -2.19. The van der Waals surface area contributed by atoms with Gasteiger partial charge >= 0.3 is 0 Å². The van der Waals surface area contributed by atoms with E-state index >= 15 is 0 Å². The molecule has 0 fully saturated rings. The zero-order valence-corrected chi connectivity index (χ0v) is 18.7. The van der Waals surface area contributed by atoms with Gasteiger partial charge in [0, 0.05) is 25.4 Å². The number of thioether (sulfide) groups is 1. The Morgan fingerprint density at radius 1 is 1.28 bits per heavy atom. The Morgan fingerprint density at radius 2 is 2.00 bits per heavy atom. The number of hydrogen-bond donors (Lipinski definition) is 2. The minimum Gasteiger partial charge on any atom is -0.484 e. The molecule has 9 nitrogen and oxygen atoms in total. The number of H-pyrrole nitrogens is 1. The number of aromatic amines is 1. The summed E-state index contributed by atoms with van der Waals surface area (Å²) in [6.45, 7) is 8.31. The Kier molecular flexibility index (Phi) is 8.47. The fourth-order valence-corrected chi connectivity index (χ4v) is 4.81. The Balaban J connectivity index is 1.83. The average molecular weight is 442 g/mol. The molecule has 2 rings (SSSR count). The molecule has 0 spiro atoms. The quantitative estimate of drug-likeness (QED) is 0.403. The van der Waals surface area contributed by atoms with E-state index in [-0.39, 0.29) is 17.4 Å². The molecule has 0 atom stereocenters. The molecule has 1 aromatic heterocycles. The first kappa shape index (κ1) is 23.2. The van der Waals surface area contributed by atoms with Crippen LogP contribution in [0.3, 0.4) is 0 Å². The number of nitrogens with one attached hydrogen (secondary N) is 2. The summed E-state index contributed by atoms with van der Waals surface area (Å²) in [6.07, 6.45) is 0. The number of nitrogens with zero attached hydrogens (tertiary/aromatic N) is 3. The number of sulfonamides is 1. The summed E-state index contributed by atoms with van der Waals surface area (Å²) in [6, 6.07) is 4.65. The van der Waals surface area contributed by atoms with Crippen LogP contribution in [-0.4, -0.2) is 65.8 Å². The molecule has 0 aliphatic carbocycles. The molecule has 0 unspecified atom stereocenters. The van der Waals surface area contributed by atoms with Crippen molar-refractivity contribution in [3.05, 3.63) is 29.6 Å². The van der Waals surface area contributed by atoms with Crippen molar-refractivity contribution in [1.82, 2.24) is 24.8 Å². The van der Waals surface area contributed by atoms with E-state index in [1.807, 2.05) is 6.92 Å². The lowest BCUT2D eigenvalue weighted by atomic mass is 10.2. The Bertz CT molecular complexity index is 926. The van der Waals surface area contributed by atoms with Gasteiger partial charge in [-0.25, -0.2) is 13.4 Å². The molecule has 1 heterocycles. The van der Waals surface area contributed by atoms with Gasteiger partial charge in [-0.3, -0.25) is 9.89 Å². The molecule has 1 aromatic carbocycles. The molecule has 0 radical (unpaired) electrons. The number of benzene rings is 1. The van der Waals surface area contributed by atoms with E-state index in [2.05, 4.69) is 20.5 Å². The number of carbonyl (C=O) groups is 1. The summed E-state index contributed by atoms with van der Waals surface area (Å²) in [5.41, 5.74) is 0.654.